The van der Waals surface area contributed by atoms with Crippen LogP contribution < -0.4 is 4.74 Å². The van der Waals surface area contributed by atoms with Gasteiger partial charge in [0, 0.05) is 35.3 Å². The van der Waals surface area contributed by atoms with Crippen LogP contribution in [0.25, 0.3) is 0 Å². The van der Waals surface area contributed by atoms with Gasteiger partial charge >= 0.3 is 6.09 Å². The molecule has 0 radical (unpaired) electrons. The summed E-state index contributed by atoms with van der Waals surface area (Å²) in [5, 5.41) is 9.72. The quantitative estimate of drug-likeness (QED) is 0.451. The number of halogens is 3. The Balaban J connectivity index is 1.88. The normalized spacial score (nSPS) is 22.0. The molecule has 1 fully saturated rings. The molecule has 2 heterocycles. The predicted octanol–water partition coefficient (Wildman–Crippen LogP) is 3.26. The molecule has 0 saturated carbocycles. The van der Waals surface area contributed by atoms with Crippen molar-refractivity contribution in [1.29, 1.82) is 0 Å². The molecule has 0 aliphatic carbocycles. The zero-order valence-corrected chi connectivity index (χ0v) is 15.5. The molecule has 21 heavy (non-hydrogen) atoms. The average Bonchev–Trinajstić information content (AvgIpc) is 2.63. The highest BCUT2D eigenvalue weighted by Gasteiger charge is 2.33. The Hall–Kier alpha value is -0.250. The van der Waals surface area contributed by atoms with Gasteiger partial charge in [-0.3, -0.25) is 4.90 Å². The summed E-state index contributed by atoms with van der Waals surface area (Å²) in [6.45, 7) is 2.89. The summed E-state index contributed by atoms with van der Waals surface area (Å²) in [5.74, 6) is 0.709. The highest BCUT2D eigenvalue weighted by Crippen LogP contribution is 2.40. The molecule has 1 atom stereocenters. The Morgan fingerprint density at radius 3 is 3.00 bits per heavy atom. The Morgan fingerprint density at radius 2 is 2.29 bits per heavy atom. The van der Waals surface area contributed by atoms with Gasteiger partial charge in [-0.15, -0.1) is 0 Å². The lowest BCUT2D eigenvalue weighted by molar-refractivity contribution is 0.0503. The summed E-state index contributed by atoms with van der Waals surface area (Å²) >= 11 is 12.1. The maximum Gasteiger partial charge on any atom is 0.407 e. The minimum absolute atomic E-state index is 0.0646. The molecular weight excluding hydrogens is 474 g/mol. The molecule has 1 N–H and O–H groups in total. The number of amides is 1. The highest BCUT2D eigenvalue weighted by molar-refractivity contribution is 14.1. The van der Waals surface area contributed by atoms with E-state index in [0.717, 1.165) is 20.2 Å². The van der Waals surface area contributed by atoms with Gasteiger partial charge in [0.05, 0.1) is 15.5 Å². The number of hydrogen-bond donors (Lipinski definition) is 1. The van der Waals surface area contributed by atoms with Crippen molar-refractivity contribution >= 4 is 56.2 Å². The van der Waals surface area contributed by atoms with Crippen LogP contribution in [0.2, 0.25) is 5.02 Å². The number of hydrogen-bond acceptors (Lipinski definition) is 3. The van der Waals surface area contributed by atoms with Gasteiger partial charge in [-0.05, 0) is 44.6 Å². The van der Waals surface area contributed by atoms with E-state index in [-0.39, 0.29) is 6.04 Å². The van der Waals surface area contributed by atoms with Gasteiger partial charge in [0.2, 0.25) is 0 Å². The average molecular weight is 488 g/mol. The molecule has 1 saturated heterocycles. The molecule has 0 spiro atoms. The molecule has 114 valence electrons. The number of carboxylic acid groups (broad SMARTS) is 1. The van der Waals surface area contributed by atoms with E-state index < -0.39 is 6.09 Å². The molecular formula is C13H13BrClIN2O3. The molecule has 8 heteroatoms. The third-order valence-electron chi connectivity index (χ3n) is 3.86. The number of piperazine rings is 1. The minimum atomic E-state index is -0.869. The molecule has 1 aromatic carbocycles. The predicted molar refractivity (Wildman–Crippen MR) is 91.2 cm³/mol. The van der Waals surface area contributed by atoms with Crippen molar-refractivity contribution in [2.24, 2.45) is 0 Å². The second kappa shape index (κ2) is 6.10. The molecule has 0 unspecified atom stereocenters. The standard InChI is InChI=1S/C13H13BrClIN2O3/c14-10-9(16)3-7-4-17-1-2-18(13(19)20)5-8(17)6-21-12(7)11(10)15/h3,8H,1-2,4-6H2,(H,19,20)/t8-/m1/s1. The fraction of sp³-hybridized carbons (Fsp3) is 0.462. The van der Waals surface area contributed by atoms with Crippen LogP contribution in [0, 0.1) is 3.57 Å². The van der Waals surface area contributed by atoms with Crippen molar-refractivity contribution in [3.05, 3.63) is 24.7 Å². The number of nitrogens with zero attached hydrogens (tertiary/aromatic N) is 2. The van der Waals surface area contributed by atoms with E-state index in [1.165, 1.54) is 4.90 Å². The number of ether oxygens (including phenoxy) is 1. The van der Waals surface area contributed by atoms with Crippen molar-refractivity contribution in [3.8, 4) is 5.75 Å². The van der Waals surface area contributed by atoms with Crippen LogP contribution in [-0.2, 0) is 6.54 Å². The fourth-order valence-corrected chi connectivity index (χ4v) is 4.11. The summed E-state index contributed by atoms with van der Waals surface area (Å²) in [7, 11) is 0. The summed E-state index contributed by atoms with van der Waals surface area (Å²) < 4.78 is 7.77. The smallest absolute Gasteiger partial charge is 0.407 e. The first kappa shape index (κ1) is 15.6. The molecule has 2 aliphatic rings. The van der Waals surface area contributed by atoms with Gasteiger partial charge < -0.3 is 14.7 Å². The lowest BCUT2D eigenvalue weighted by atomic mass is 10.1. The molecule has 2 aliphatic heterocycles. The SMILES string of the molecule is O=C(O)N1CCN2Cc3cc(I)c(Br)c(Cl)c3OC[C@H]2C1. The number of fused-ring (bicyclic) bond motifs is 2. The van der Waals surface area contributed by atoms with Gasteiger partial charge in [0.15, 0.2) is 0 Å². The van der Waals surface area contributed by atoms with E-state index in [0.29, 0.717) is 37.0 Å². The third-order valence-corrected chi connectivity index (χ3v) is 6.87. The van der Waals surface area contributed by atoms with E-state index in [1.807, 2.05) is 0 Å². The van der Waals surface area contributed by atoms with Crippen LogP contribution in [-0.4, -0.2) is 53.3 Å². The van der Waals surface area contributed by atoms with Crippen LogP contribution in [0.5, 0.6) is 5.75 Å². The number of benzene rings is 1. The first-order valence-electron chi connectivity index (χ1n) is 6.48. The Labute approximate surface area is 149 Å². The van der Waals surface area contributed by atoms with Crippen LogP contribution in [0.15, 0.2) is 10.5 Å². The largest absolute Gasteiger partial charge is 0.490 e. The van der Waals surface area contributed by atoms with Crippen molar-refractivity contribution < 1.29 is 14.6 Å². The van der Waals surface area contributed by atoms with E-state index in [9.17, 15) is 4.79 Å². The zero-order chi connectivity index (χ0) is 15.1. The molecule has 0 bridgehead atoms. The Bertz CT molecular complexity index is 601. The third kappa shape index (κ3) is 2.97. The Kier molecular flexibility index (Phi) is 4.54. The summed E-state index contributed by atoms with van der Waals surface area (Å²) in [6.07, 6.45) is -0.869. The van der Waals surface area contributed by atoms with E-state index in [4.69, 9.17) is 21.4 Å². The molecule has 0 aromatic heterocycles. The van der Waals surface area contributed by atoms with Gasteiger partial charge in [-0.1, -0.05) is 11.6 Å². The van der Waals surface area contributed by atoms with Gasteiger partial charge in [-0.2, -0.15) is 0 Å². The van der Waals surface area contributed by atoms with Gasteiger partial charge in [0.25, 0.3) is 0 Å². The monoisotopic (exact) mass is 486 g/mol. The van der Waals surface area contributed by atoms with Crippen LogP contribution >= 0.6 is 50.1 Å². The second-order valence-corrected chi connectivity index (χ2v) is 7.47. The molecule has 1 aromatic rings. The molecule has 5 nitrogen and oxygen atoms in total. The second-order valence-electron chi connectivity index (χ2n) is 5.14. The summed E-state index contributed by atoms with van der Waals surface area (Å²) in [6, 6.07) is 2.13. The maximum atomic E-state index is 11.1. The van der Waals surface area contributed by atoms with Crippen LogP contribution in [0.4, 0.5) is 4.79 Å². The fourth-order valence-electron chi connectivity index (χ4n) is 2.73. The van der Waals surface area contributed by atoms with Crippen molar-refractivity contribution in [2.45, 2.75) is 12.6 Å². The van der Waals surface area contributed by atoms with E-state index in [2.05, 4.69) is 49.5 Å². The van der Waals surface area contributed by atoms with Crippen LogP contribution in [0.3, 0.4) is 0 Å². The van der Waals surface area contributed by atoms with Crippen molar-refractivity contribution in [3.63, 3.8) is 0 Å². The van der Waals surface area contributed by atoms with E-state index >= 15 is 0 Å². The lowest BCUT2D eigenvalue weighted by Crippen LogP contribution is -2.55. The first-order valence-corrected chi connectivity index (χ1v) is 8.73. The number of rotatable bonds is 0. The number of carbonyl (C=O) groups is 1. The van der Waals surface area contributed by atoms with Crippen molar-refractivity contribution in [2.75, 3.05) is 26.2 Å². The summed E-state index contributed by atoms with van der Waals surface area (Å²) in [4.78, 5) is 14.8. The van der Waals surface area contributed by atoms with Crippen molar-refractivity contribution in [1.82, 2.24) is 9.80 Å². The molecule has 3 rings (SSSR count). The summed E-state index contributed by atoms with van der Waals surface area (Å²) in [5.41, 5.74) is 1.05. The first-order chi connectivity index (χ1) is 9.97. The van der Waals surface area contributed by atoms with Crippen LogP contribution in [0.1, 0.15) is 5.56 Å². The van der Waals surface area contributed by atoms with E-state index in [1.54, 1.807) is 0 Å². The van der Waals surface area contributed by atoms with Gasteiger partial charge in [-0.25, -0.2) is 4.79 Å². The molecule has 1 amide bonds. The lowest BCUT2D eigenvalue weighted by Gasteiger charge is -2.38. The zero-order valence-electron chi connectivity index (χ0n) is 11.0. The Morgan fingerprint density at radius 1 is 1.52 bits per heavy atom. The topological polar surface area (TPSA) is 53.0 Å². The van der Waals surface area contributed by atoms with Gasteiger partial charge in [0.1, 0.15) is 12.4 Å². The maximum absolute atomic E-state index is 11.1. The highest BCUT2D eigenvalue weighted by atomic mass is 127. The minimum Gasteiger partial charge on any atom is -0.490 e.